The summed E-state index contributed by atoms with van der Waals surface area (Å²) in [5, 5.41) is 0. The molecular weight excluding hydrogens is 250 g/mol. The fraction of sp³-hybridized carbons (Fsp3) is 0.417. The van der Waals surface area contributed by atoms with E-state index in [4.69, 9.17) is 0 Å². The molecule has 0 saturated carbocycles. The van der Waals surface area contributed by atoms with Crippen LogP contribution in [0.2, 0.25) is 0 Å². The van der Waals surface area contributed by atoms with Crippen molar-refractivity contribution in [2.45, 2.75) is 12.6 Å². The summed E-state index contributed by atoms with van der Waals surface area (Å²) in [5.74, 6) is -0.795. The fourth-order valence-electron chi connectivity index (χ4n) is 1.37. The van der Waals surface area contributed by atoms with Crippen LogP contribution in [0.15, 0.2) is 24.3 Å². The summed E-state index contributed by atoms with van der Waals surface area (Å²) in [6.45, 7) is -0.363. The molecule has 0 saturated heterocycles. The van der Waals surface area contributed by atoms with E-state index in [1.165, 1.54) is 24.1 Å². The lowest BCUT2D eigenvalue weighted by Crippen LogP contribution is -2.29. The summed E-state index contributed by atoms with van der Waals surface area (Å²) in [6, 6.07) is 4.91. The van der Waals surface area contributed by atoms with Crippen LogP contribution in [0.5, 0.6) is 0 Å². The minimum atomic E-state index is -4.23. The van der Waals surface area contributed by atoms with Crippen molar-refractivity contribution in [1.29, 1.82) is 0 Å². The molecule has 0 fully saturated rings. The van der Waals surface area contributed by atoms with Crippen LogP contribution in [-0.2, 0) is 0 Å². The fourth-order valence-corrected chi connectivity index (χ4v) is 1.37. The van der Waals surface area contributed by atoms with Crippen LogP contribution in [0, 0.1) is 5.82 Å². The molecule has 1 rings (SSSR count). The molecule has 0 aromatic heterocycles. The van der Waals surface area contributed by atoms with Crippen molar-refractivity contribution < 1.29 is 22.4 Å². The zero-order valence-electron chi connectivity index (χ0n) is 9.80. The van der Waals surface area contributed by atoms with E-state index in [-0.39, 0.29) is 24.4 Å². The summed E-state index contributed by atoms with van der Waals surface area (Å²) in [6.07, 6.45) is -5.19. The Kier molecular flexibility index (Phi) is 4.84. The van der Waals surface area contributed by atoms with Crippen LogP contribution in [0.3, 0.4) is 0 Å². The van der Waals surface area contributed by atoms with Crippen LogP contribution < -0.4 is 0 Å². The molecule has 1 aromatic carbocycles. The molecule has 0 unspecified atom stereocenters. The van der Waals surface area contributed by atoms with Crippen molar-refractivity contribution in [2.75, 3.05) is 20.1 Å². The quantitative estimate of drug-likeness (QED) is 0.601. The Bertz CT molecular complexity index is 400. The number of halogens is 4. The maximum absolute atomic E-state index is 12.6. The Hall–Kier alpha value is -1.43. The van der Waals surface area contributed by atoms with Gasteiger partial charge in [0.2, 0.25) is 0 Å². The monoisotopic (exact) mass is 263 g/mol. The van der Waals surface area contributed by atoms with Gasteiger partial charge in [0, 0.05) is 12.1 Å². The summed E-state index contributed by atoms with van der Waals surface area (Å²) in [5.41, 5.74) is 0.287. The van der Waals surface area contributed by atoms with Crippen LogP contribution in [0.25, 0.3) is 0 Å². The number of ketones is 1. The predicted molar refractivity (Wildman–Crippen MR) is 58.9 cm³/mol. The average Bonchev–Trinajstić information content (AvgIpc) is 2.26. The molecule has 18 heavy (non-hydrogen) atoms. The SMILES string of the molecule is CN(CCC(F)(F)F)CC(=O)c1ccc(F)cc1. The smallest absolute Gasteiger partial charge is 0.299 e. The van der Waals surface area contributed by atoms with Crippen LogP contribution >= 0.6 is 0 Å². The third-order valence-electron chi connectivity index (χ3n) is 2.36. The Labute approximate surface area is 102 Å². The van der Waals surface area contributed by atoms with E-state index in [0.717, 1.165) is 12.1 Å². The van der Waals surface area contributed by atoms with Crippen molar-refractivity contribution in [3.05, 3.63) is 35.6 Å². The maximum Gasteiger partial charge on any atom is 0.390 e. The van der Waals surface area contributed by atoms with E-state index in [1.54, 1.807) is 0 Å². The molecule has 2 nitrogen and oxygen atoms in total. The van der Waals surface area contributed by atoms with Gasteiger partial charge in [-0.3, -0.25) is 9.69 Å². The van der Waals surface area contributed by atoms with Gasteiger partial charge >= 0.3 is 6.18 Å². The van der Waals surface area contributed by atoms with E-state index in [0.29, 0.717) is 0 Å². The standard InChI is InChI=1S/C12H13F4NO/c1-17(7-6-12(14,15)16)8-11(18)9-2-4-10(13)5-3-9/h2-5H,6-8H2,1H3. The third-order valence-corrected chi connectivity index (χ3v) is 2.36. The highest BCUT2D eigenvalue weighted by molar-refractivity contribution is 5.97. The van der Waals surface area contributed by atoms with Gasteiger partial charge in [-0.15, -0.1) is 0 Å². The molecule has 0 aliphatic heterocycles. The molecule has 0 radical (unpaired) electrons. The lowest BCUT2D eigenvalue weighted by atomic mass is 10.1. The molecule has 0 heterocycles. The second-order valence-electron chi connectivity index (χ2n) is 4.03. The normalized spacial score (nSPS) is 11.9. The zero-order chi connectivity index (χ0) is 13.8. The average molecular weight is 263 g/mol. The molecule has 0 atom stereocenters. The summed E-state index contributed by atoms with van der Waals surface area (Å²) >= 11 is 0. The van der Waals surface area contributed by atoms with Gasteiger partial charge in [-0.2, -0.15) is 13.2 Å². The van der Waals surface area contributed by atoms with Crippen molar-refractivity contribution in [3.63, 3.8) is 0 Å². The number of carbonyl (C=O) groups is 1. The molecule has 0 aliphatic rings. The predicted octanol–water partition coefficient (Wildman–Crippen LogP) is 2.89. The molecule has 0 spiro atoms. The number of hydrogen-bond acceptors (Lipinski definition) is 2. The van der Waals surface area contributed by atoms with Gasteiger partial charge in [0.1, 0.15) is 5.82 Å². The first-order chi connectivity index (χ1) is 8.28. The highest BCUT2D eigenvalue weighted by atomic mass is 19.4. The highest BCUT2D eigenvalue weighted by Gasteiger charge is 2.27. The van der Waals surface area contributed by atoms with Gasteiger partial charge in [-0.25, -0.2) is 4.39 Å². The minimum absolute atomic E-state index is 0.123. The van der Waals surface area contributed by atoms with E-state index in [2.05, 4.69) is 0 Å². The lowest BCUT2D eigenvalue weighted by Gasteiger charge is -2.16. The van der Waals surface area contributed by atoms with Crippen LogP contribution in [0.4, 0.5) is 17.6 Å². The Morgan fingerprint density at radius 2 is 1.78 bits per heavy atom. The van der Waals surface area contributed by atoms with Crippen LogP contribution in [-0.4, -0.2) is 37.0 Å². The zero-order valence-corrected chi connectivity index (χ0v) is 9.80. The van der Waals surface area contributed by atoms with E-state index in [1.807, 2.05) is 0 Å². The molecule has 6 heteroatoms. The number of benzene rings is 1. The number of Topliss-reactive ketones (excluding diaryl/α,β-unsaturated/α-hetero) is 1. The maximum atomic E-state index is 12.6. The first-order valence-electron chi connectivity index (χ1n) is 5.32. The Morgan fingerprint density at radius 1 is 1.22 bits per heavy atom. The van der Waals surface area contributed by atoms with Gasteiger partial charge in [-0.1, -0.05) is 0 Å². The summed E-state index contributed by atoms with van der Waals surface area (Å²) in [4.78, 5) is 12.9. The highest BCUT2D eigenvalue weighted by Crippen LogP contribution is 2.19. The van der Waals surface area contributed by atoms with Crippen molar-refractivity contribution in [2.24, 2.45) is 0 Å². The first kappa shape index (κ1) is 14.6. The molecule has 0 aliphatic carbocycles. The third kappa shape index (κ3) is 5.27. The molecular formula is C12H13F4NO. The summed E-state index contributed by atoms with van der Waals surface area (Å²) in [7, 11) is 1.44. The second-order valence-corrected chi connectivity index (χ2v) is 4.03. The number of likely N-dealkylation sites (N-methyl/N-ethyl adjacent to an activating group) is 1. The van der Waals surface area contributed by atoms with E-state index in [9.17, 15) is 22.4 Å². The van der Waals surface area contributed by atoms with Gasteiger partial charge in [-0.05, 0) is 31.3 Å². The number of nitrogens with zero attached hydrogens (tertiary/aromatic N) is 1. The van der Waals surface area contributed by atoms with Crippen molar-refractivity contribution >= 4 is 5.78 Å². The number of rotatable bonds is 5. The van der Waals surface area contributed by atoms with Crippen LogP contribution in [0.1, 0.15) is 16.8 Å². The largest absolute Gasteiger partial charge is 0.390 e. The first-order valence-corrected chi connectivity index (χ1v) is 5.32. The summed E-state index contributed by atoms with van der Waals surface area (Å²) < 4.78 is 48.5. The number of carbonyl (C=O) groups excluding carboxylic acids is 1. The topological polar surface area (TPSA) is 20.3 Å². The van der Waals surface area contributed by atoms with Crippen molar-refractivity contribution in [3.8, 4) is 0 Å². The van der Waals surface area contributed by atoms with E-state index < -0.39 is 18.4 Å². The molecule has 100 valence electrons. The molecule has 0 N–H and O–H groups in total. The molecule has 0 amide bonds. The number of alkyl halides is 3. The molecule has 1 aromatic rings. The lowest BCUT2D eigenvalue weighted by molar-refractivity contribution is -0.137. The Balaban J connectivity index is 2.47. The van der Waals surface area contributed by atoms with E-state index >= 15 is 0 Å². The Morgan fingerprint density at radius 3 is 2.28 bits per heavy atom. The number of hydrogen-bond donors (Lipinski definition) is 0. The minimum Gasteiger partial charge on any atom is -0.299 e. The van der Waals surface area contributed by atoms with Gasteiger partial charge < -0.3 is 0 Å². The van der Waals surface area contributed by atoms with Gasteiger partial charge in [0.25, 0.3) is 0 Å². The van der Waals surface area contributed by atoms with Gasteiger partial charge in [0.05, 0.1) is 13.0 Å². The molecule has 0 bridgehead atoms. The second kappa shape index (κ2) is 5.95. The van der Waals surface area contributed by atoms with Gasteiger partial charge in [0.15, 0.2) is 5.78 Å². The van der Waals surface area contributed by atoms with Crippen molar-refractivity contribution in [1.82, 2.24) is 4.90 Å².